The molecule has 1 aromatic carbocycles. The quantitative estimate of drug-likeness (QED) is 0.905. The van der Waals surface area contributed by atoms with Crippen molar-refractivity contribution in [3.8, 4) is 0 Å². The molecule has 23 heavy (non-hydrogen) atoms. The zero-order chi connectivity index (χ0) is 15.6. The van der Waals surface area contributed by atoms with E-state index in [2.05, 4.69) is 15.2 Å². The summed E-state index contributed by atoms with van der Waals surface area (Å²) in [6, 6.07) is 5.93. The molecule has 2 fully saturated rings. The lowest BCUT2D eigenvalue weighted by molar-refractivity contribution is 0.123. The highest BCUT2D eigenvalue weighted by atomic mass is 35.5. The van der Waals surface area contributed by atoms with Gasteiger partial charge in [0.25, 0.3) is 0 Å². The Kier molecular flexibility index (Phi) is 4.14. The van der Waals surface area contributed by atoms with Gasteiger partial charge in [-0.3, -0.25) is 0 Å². The van der Waals surface area contributed by atoms with Gasteiger partial charge in [0.2, 0.25) is 5.89 Å². The second-order valence-electron chi connectivity index (χ2n) is 6.02. The second kappa shape index (κ2) is 6.42. The fraction of sp³-hybridized carbons (Fsp3) is 0.471. The summed E-state index contributed by atoms with van der Waals surface area (Å²) in [6.45, 7) is 3.72. The topological polar surface area (TPSA) is 50.5 Å². The number of halogens is 1. The van der Waals surface area contributed by atoms with Gasteiger partial charge >= 0.3 is 0 Å². The monoisotopic (exact) mass is 333 g/mol. The molecule has 0 bridgehead atoms. The van der Waals surface area contributed by atoms with E-state index in [4.69, 9.17) is 20.8 Å². The summed E-state index contributed by atoms with van der Waals surface area (Å²) in [5, 5.41) is 4.17. The van der Waals surface area contributed by atoms with E-state index in [1.54, 1.807) is 0 Å². The van der Waals surface area contributed by atoms with Crippen molar-refractivity contribution in [1.82, 2.24) is 4.98 Å². The first-order valence-electron chi connectivity index (χ1n) is 8.11. The van der Waals surface area contributed by atoms with Gasteiger partial charge in [0, 0.05) is 19.0 Å². The molecule has 0 spiro atoms. The zero-order valence-electron chi connectivity index (χ0n) is 12.9. The summed E-state index contributed by atoms with van der Waals surface area (Å²) in [6.07, 6.45) is 4.30. The van der Waals surface area contributed by atoms with Gasteiger partial charge in [-0.05, 0) is 25.0 Å². The van der Waals surface area contributed by atoms with Crippen molar-refractivity contribution in [1.29, 1.82) is 0 Å². The molecule has 5 nitrogen and oxygen atoms in total. The number of aromatic nitrogens is 1. The second-order valence-corrected chi connectivity index (χ2v) is 6.43. The first-order valence-corrected chi connectivity index (χ1v) is 8.49. The predicted molar refractivity (Wildman–Crippen MR) is 90.3 cm³/mol. The standard InChI is InChI=1S/C17H20ClN3O2/c18-13-2-1-3-14(17(13)21-6-8-22-9-7-21)19-11-16-20-10-15(23-16)12-4-5-12/h1-3,10,12,19H,4-9,11H2. The third-order valence-corrected chi connectivity index (χ3v) is 4.60. The summed E-state index contributed by atoms with van der Waals surface area (Å²) in [5.41, 5.74) is 2.04. The third kappa shape index (κ3) is 3.31. The van der Waals surface area contributed by atoms with Crippen molar-refractivity contribution < 1.29 is 9.15 Å². The minimum absolute atomic E-state index is 0.560. The molecule has 1 saturated heterocycles. The van der Waals surface area contributed by atoms with Crippen molar-refractivity contribution in [2.45, 2.75) is 25.3 Å². The molecule has 1 N–H and O–H groups in total. The molecule has 4 rings (SSSR count). The number of benzene rings is 1. The number of hydrogen-bond donors (Lipinski definition) is 1. The largest absolute Gasteiger partial charge is 0.444 e. The van der Waals surface area contributed by atoms with Crippen LogP contribution >= 0.6 is 11.6 Å². The van der Waals surface area contributed by atoms with E-state index < -0.39 is 0 Å². The number of anilines is 2. The van der Waals surface area contributed by atoms with Crippen LogP contribution in [0.4, 0.5) is 11.4 Å². The van der Waals surface area contributed by atoms with Gasteiger partial charge in [-0.15, -0.1) is 0 Å². The van der Waals surface area contributed by atoms with Crippen molar-refractivity contribution in [3.63, 3.8) is 0 Å². The van der Waals surface area contributed by atoms with E-state index in [0.29, 0.717) is 12.5 Å². The van der Waals surface area contributed by atoms with E-state index in [1.807, 2.05) is 24.4 Å². The lowest BCUT2D eigenvalue weighted by Gasteiger charge is -2.31. The van der Waals surface area contributed by atoms with Crippen LogP contribution in [-0.4, -0.2) is 31.3 Å². The molecule has 1 aliphatic carbocycles. The number of oxazole rings is 1. The smallest absolute Gasteiger partial charge is 0.213 e. The zero-order valence-corrected chi connectivity index (χ0v) is 13.7. The Morgan fingerprint density at radius 2 is 2.09 bits per heavy atom. The average molecular weight is 334 g/mol. The molecule has 2 aromatic rings. The minimum atomic E-state index is 0.560. The van der Waals surface area contributed by atoms with E-state index in [-0.39, 0.29) is 0 Å². The number of rotatable bonds is 5. The molecule has 1 aromatic heterocycles. The van der Waals surface area contributed by atoms with Crippen molar-refractivity contribution in [2.75, 3.05) is 36.5 Å². The van der Waals surface area contributed by atoms with Gasteiger partial charge in [-0.1, -0.05) is 17.7 Å². The van der Waals surface area contributed by atoms with Gasteiger partial charge in [-0.25, -0.2) is 4.98 Å². The highest BCUT2D eigenvalue weighted by Gasteiger charge is 2.27. The van der Waals surface area contributed by atoms with E-state index in [1.165, 1.54) is 12.8 Å². The molecule has 122 valence electrons. The minimum Gasteiger partial charge on any atom is -0.444 e. The van der Waals surface area contributed by atoms with Crippen molar-refractivity contribution >= 4 is 23.0 Å². The first-order chi connectivity index (χ1) is 11.3. The molecule has 0 unspecified atom stereocenters. The van der Waals surface area contributed by atoms with Crippen LogP contribution in [0.2, 0.25) is 5.02 Å². The van der Waals surface area contributed by atoms with E-state index >= 15 is 0 Å². The summed E-state index contributed by atoms with van der Waals surface area (Å²) in [4.78, 5) is 6.62. The number of ether oxygens (including phenoxy) is 1. The van der Waals surface area contributed by atoms with Crippen LogP contribution in [0.25, 0.3) is 0 Å². The predicted octanol–water partition coefficient (Wildman–Crippen LogP) is 3.65. The maximum absolute atomic E-state index is 6.44. The van der Waals surface area contributed by atoms with Crippen LogP contribution in [0.5, 0.6) is 0 Å². The maximum atomic E-state index is 6.44. The van der Waals surface area contributed by atoms with Crippen molar-refractivity contribution in [2.24, 2.45) is 0 Å². The van der Waals surface area contributed by atoms with Gasteiger partial charge in [0.1, 0.15) is 5.76 Å². The van der Waals surface area contributed by atoms with Gasteiger partial charge in [-0.2, -0.15) is 0 Å². The Bertz CT molecular complexity index is 678. The van der Waals surface area contributed by atoms with E-state index in [9.17, 15) is 0 Å². The van der Waals surface area contributed by atoms with Crippen LogP contribution in [0, 0.1) is 0 Å². The number of morpholine rings is 1. The SMILES string of the molecule is Clc1cccc(NCc2ncc(C3CC3)o2)c1N1CCOCC1. The fourth-order valence-corrected chi connectivity index (χ4v) is 3.19. The normalized spacial score (nSPS) is 18.2. The first kappa shape index (κ1) is 14.8. The summed E-state index contributed by atoms with van der Waals surface area (Å²) < 4.78 is 11.2. The van der Waals surface area contributed by atoms with Crippen molar-refractivity contribution in [3.05, 3.63) is 41.1 Å². The van der Waals surface area contributed by atoms with Crippen LogP contribution in [-0.2, 0) is 11.3 Å². The highest BCUT2D eigenvalue weighted by Crippen LogP contribution is 2.40. The summed E-state index contributed by atoms with van der Waals surface area (Å²) in [5.74, 6) is 2.33. The molecule has 2 heterocycles. The Labute approximate surface area is 140 Å². The summed E-state index contributed by atoms with van der Waals surface area (Å²) >= 11 is 6.44. The van der Waals surface area contributed by atoms with E-state index in [0.717, 1.165) is 54.4 Å². The van der Waals surface area contributed by atoms with Gasteiger partial charge < -0.3 is 19.4 Å². The van der Waals surface area contributed by atoms with Crippen LogP contribution in [0.3, 0.4) is 0 Å². The number of nitrogens with zero attached hydrogens (tertiary/aromatic N) is 2. The molecule has 1 aliphatic heterocycles. The molecular formula is C17H20ClN3O2. The molecule has 1 saturated carbocycles. The molecular weight excluding hydrogens is 314 g/mol. The number of para-hydroxylation sites is 1. The molecule has 2 aliphatic rings. The molecule has 6 heteroatoms. The van der Waals surface area contributed by atoms with Crippen LogP contribution in [0.1, 0.15) is 30.4 Å². The lowest BCUT2D eigenvalue weighted by atomic mass is 10.2. The molecule has 0 atom stereocenters. The lowest BCUT2D eigenvalue weighted by Crippen LogP contribution is -2.36. The van der Waals surface area contributed by atoms with Gasteiger partial charge in [0.15, 0.2) is 0 Å². The Balaban J connectivity index is 1.49. The Hall–Kier alpha value is -1.72. The maximum Gasteiger partial charge on any atom is 0.213 e. The third-order valence-electron chi connectivity index (χ3n) is 4.30. The Morgan fingerprint density at radius 1 is 1.26 bits per heavy atom. The molecule has 0 amide bonds. The fourth-order valence-electron chi connectivity index (χ4n) is 2.90. The van der Waals surface area contributed by atoms with Crippen LogP contribution in [0.15, 0.2) is 28.8 Å². The number of hydrogen-bond acceptors (Lipinski definition) is 5. The number of nitrogens with one attached hydrogen (secondary N) is 1. The average Bonchev–Trinajstić information content (AvgIpc) is 3.32. The highest BCUT2D eigenvalue weighted by molar-refractivity contribution is 6.34. The van der Waals surface area contributed by atoms with Crippen LogP contribution < -0.4 is 10.2 Å². The molecule has 0 radical (unpaired) electrons. The van der Waals surface area contributed by atoms with Gasteiger partial charge in [0.05, 0.1) is 42.4 Å². The Morgan fingerprint density at radius 3 is 2.87 bits per heavy atom. The summed E-state index contributed by atoms with van der Waals surface area (Å²) in [7, 11) is 0.